The minimum atomic E-state index is -0.488. The SMILES string of the molecule is N#Cc1ccc(OCC2CCOC2)c(F)c1. The highest BCUT2D eigenvalue weighted by atomic mass is 19.1. The molecule has 1 aromatic rings. The lowest BCUT2D eigenvalue weighted by molar-refractivity contribution is 0.165. The summed E-state index contributed by atoms with van der Waals surface area (Å²) < 4.78 is 24.0. The van der Waals surface area contributed by atoms with E-state index in [1.807, 2.05) is 6.07 Å². The van der Waals surface area contributed by atoms with Gasteiger partial charge in [0.15, 0.2) is 11.6 Å². The molecule has 3 nitrogen and oxygen atoms in total. The van der Waals surface area contributed by atoms with E-state index in [2.05, 4.69) is 0 Å². The summed E-state index contributed by atoms with van der Waals surface area (Å²) in [6.45, 7) is 1.89. The van der Waals surface area contributed by atoms with Crippen molar-refractivity contribution in [2.75, 3.05) is 19.8 Å². The predicted molar refractivity (Wildman–Crippen MR) is 55.5 cm³/mol. The molecule has 0 bridgehead atoms. The minimum Gasteiger partial charge on any atom is -0.490 e. The van der Waals surface area contributed by atoms with Crippen LogP contribution < -0.4 is 4.74 Å². The summed E-state index contributed by atoms with van der Waals surface area (Å²) in [5, 5.41) is 8.58. The van der Waals surface area contributed by atoms with Crippen LogP contribution in [0.15, 0.2) is 18.2 Å². The predicted octanol–water partition coefficient (Wildman–Crippen LogP) is 2.11. The molecule has 16 heavy (non-hydrogen) atoms. The van der Waals surface area contributed by atoms with Crippen molar-refractivity contribution in [3.05, 3.63) is 29.6 Å². The molecule has 1 heterocycles. The van der Waals surface area contributed by atoms with Crippen LogP contribution >= 0.6 is 0 Å². The second-order valence-electron chi connectivity index (χ2n) is 3.80. The number of halogens is 1. The average Bonchev–Trinajstić information content (AvgIpc) is 2.80. The molecule has 0 N–H and O–H groups in total. The maximum Gasteiger partial charge on any atom is 0.166 e. The summed E-state index contributed by atoms with van der Waals surface area (Å²) in [6.07, 6.45) is 0.956. The number of benzene rings is 1. The molecular formula is C12H12FNO2. The van der Waals surface area contributed by atoms with E-state index in [0.717, 1.165) is 13.0 Å². The monoisotopic (exact) mass is 221 g/mol. The Hall–Kier alpha value is -1.60. The third kappa shape index (κ3) is 2.50. The molecule has 0 aliphatic carbocycles. The van der Waals surface area contributed by atoms with Crippen molar-refractivity contribution in [3.8, 4) is 11.8 Å². The smallest absolute Gasteiger partial charge is 0.166 e. The molecule has 4 heteroatoms. The molecule has 1 saturated heterocycles. The van der Waals surface area contributed by atoms with Gasteiger partial charge >= 0.3 is 0 Å². The molecule has 1 fully saturated rings. The minimum absolute atomic E-state index is 0.200. The van der Waals surface area contributed by atoms with Gasteiger partial charge in [-0.2, -0.15) is 5.26 Å². The largest absolute Gasteiger partial charge is 0.490 e. The van der Waals surface area contributed by atoms with E-state index < -0.39 is 5.82 Å². The highest BCUT2D eigenvalue weighted by molar-refractivity contribution is 5.35. The van der Waals surface area contributed by atoms with Gasteiger partial charge in [-0.25, -0.2) is 4.39 Å². The second kappa shape index (κ2) is 4.95. The molecule has 1 aromatic carbocycles. The summed E-state index contributed by atoms with van der Waals surface area (Å²) in [6, 6.07) is 6.09. The van der Waals surface area contributed by atoms with Crippen molar-refractivity contribution in [2.45, 2.75) is 6.42 Å². The first-order valence-corrected chi connectivity index (χ1v) is 5.20. The Labute approximate surface area is 93.4 Å². The van der Waals surface area contributed by atoms with E-state index in [-0.39, 0.29) is 5.75 Å². The number of ether oxygens (including phenoxy) is 2. The van der Waals surface area contributed by atoms with Crippen LogP contribution in [0.3, 0.4) is 0 Å². The van der Waals surface area contributed by atoms with Crippen molar-refractivity contribution >= 4 is 0 Å². The van der Waals surface area contributed by atoms with Crippen LogP contribution in [0.25, 0.3) is 0 Å². The van der Waals surface area contributed by atoms with E-state index in [9.17, 15) is 4.39 Å². The second-order valence-corrected chi connectivity index (χ2v) is 3.80. The first-order valence-electron chi connectivity index (χ1n) is 5.20. The zero-order chi connectivity index (χ0) is 11.4. The quantitative estimate of drug-likeness (QED) is 0.785. The number of hydrogen-bond acceptors (Lipinski definition) is 3. The lowest BCUT2D eigenvalue weighted by Gasteiger charge is -2.10. The fourth-order valence-electron chi connectivity index (χ4n) is 1.61. The fraction of sp³-hybridized carbons (Fsp3) is 0.417. The zero-order valence-electron chi connectivity index (χ0n) is 8.78. The van der Waals surface area contributed by atoms with Gasteiger partial charge in [-0.05, 0) is 24.6 Å². The van der Waals surface area contributed by atoms with Crippen molar-refractivity contribution in [1.82, 2.24) is 0 Å². The lowest BCUT2D eigenvalue weighted by Crippen LogP contribution is -2.12. The summed E-state index contributed by atoms with van der Waals surface area (Å²) in [7, 11) is 0. The number of rotatable bonds is 3. The summed E-state index contributed by atoms with van der Waals surface area (Å²) in [5.74, 6) is 0.0545. The molecule has 0 saturated carbocycles. The topological polar surface area (TPSA) is 42.2 Å². The molecule has 2 rings (SSSR count). The maximum absolute atomic E-state index is 13.4. The van der Waals surface area contributed by atoms with Crippen molar-refractivity contribution in [3.63, 3.8) is 0 Å². The van der Waals surface area contributed by atoms with Gasteiger partial charge in [0.1, 0.15) is 0 Å². The Bertz CT molecular complexity index is 408. The molecule has 1 aliphatic heterocycles. The third-order valence-electron chi connectivity index (χ3n) is 2.56. The zero-order valence-corrected chi connectivity index (χ0v) is 8.78. The van der Waals surface area contributed by atoms with Gasteiger partial charge in [-0.3, -0.25) is 0 Å². The first kappa shape index (κ1) is 10.9. The van der Waals surface area contributed by atoms with Gasteiger partial charge < -0.3 is 9.47 Å². The van der Waals surface area contributed by atoms with Crippen LogP contribution in [-0.2, 0) is 4.74 Å². The lowest BCUT2D eigenvalue weighted by atomic mass is 10.1. The normalized spacial score (nSPS) is 19.4. The van der Waals surface area contributed by atoms with Gasteiger partial charge in [-0.1, -0.05) is 0 Å². The van der Waals surface area contributed by atoms with Crippen molar-refractivity contribution < 1.29 is 13.9 Å². The number of hydrogen-bond donors (Lipinski definition) is 0. The van der Waals surface area contributed by atoms with Crippen LogP contribution in [0.1, 0.15) is 12.0 Å². The third-order valence-corrected chi connectivity index (χ3v) is 2.56. The Morgan fingerprint density at radius 2 is 2.44 bits per heavy atom. The van der Waals surface area contributed by atoms with Gasteiger partial charge in [-0.15, -0.1) is 0 Å². The summed E-state index contributed by atoms with van der Waals surface area (Å²) in [4.78, 5) is 0. The molecule has 0 radical (unpaired) electrons. The van der Waals surface area contributed by atoms with Gasteiger partial charge in [0.2, 0.25) is 0 Å². The van der Waals surface area contributed by atoms with Gasteiger partial charge in [0.25, 0.3) is 0 Å². The first-order chi connectivity index (χ1) is 7.79. The molecule has 84 valence electrons. The number of nitriles is 1. The van der Waals surface area contributed by atoms with Crippen LogP contribution in [-0.4, -0.2) is 19.8 Å². The fourth-order valence-corrected chi connectivity index (χ4v) is 1.61. The highest BCUT2D eigenvalue weighted by Gasteiger charge is 2.17. The van der Waals surface area contributed by atoms with E-state index in [1.165, 1.54) is 12.1 Å². The highest BCUT2D eigenvalue weighted by Crippen LogP contribution is 2.20. The molecule has 1 aliphatic rings. The van der Waals surface area contributed by atoms with E-state index in [4.69, 9.17) is 14.7 Å². The maximum atomic E-state index is 13.4. The molecular weight excluding hydrogens is 209 g/mol. The number of nitrogens with zero attached hydrogens (tertiary/aromatic N) is 1. The summed E-state index contributed by atoms with van der Waals surface area (Å²) in [5.41, 5.74) is 0.300. The van der Waals surface area contributed by atoms with Crippen LogP contribution in [0.5, 0.6) is 5.75 Å². The Morgan fingerprint density at radius 3 is 3.06 bits per heavy atom. The molecule has 0 aromatic heterocycles. The molecule has 1 unspecified atom stereocenters. The van der Waals surface area contributed by atoms with Crippen LogP contribution in [0.2, 0.25) is 0 Å². The van der Waals surface area contributed by atoms with E-state index in [1.54, 1.807) is 6.07 Å². The molecule has 0 spiro atoms. The van der Waals surface area contributed by atoms with Crippen molar-refractivity contribution in [1.29, 1.82) is 5.26 Å². The average molecular weight is 221 g/mol. The molecule has 1 atom stereocenters. The van der Waals surface area contributed by atoms with Crippen LogP contribution in [0.4, 0.5) is 4.39 Å². The Kier molecular flexibility index (Phi) is 3.37. The van der Waals surface area contributed by atoms with Crippen molar-refractivity contribution in [2.24, 2.45) is 5.92 Å². The van der Waals surface area contributed by atoms with Gasteiger partial charge in [0, 0.05) is 12.5 Å². The van der Waals surface area contributed by atoms with Crippen LogP contribution in [0, 0.1) is 23.1 Å². The van der Waals surface area contributed by atoms with E-state index in [0.29, 0.717) is 24.7 Å². The Morgan fingerprint density at radius 1 is 1.56 bits per heavy atom. The summed E-state index contributed by atoms with van der Waals surface area (Å²) >= 11 is 0. The molecule has 0 amide bonds. The standard InChI is InChI=1S/C12H12FNO2/c13-11-5-9(6-14)1-2-12(11)16-8-10-3-4-15-7-10/h1-2,5,10H,3-4,7-8H2. The van der Waals surface area contributed by atoms with Gasteiger partial charge in [0.05, 0.1) is 24.8 Å². The van der Waals surface area contributed by atoms with E-state index >= 15 is 0 Å². The Balaban J connectivity index is 1.96.